The molecule has 0 radical (unpaired) electrons. The molecule has 0 saturated carbocycles. The fourth-order valence-electron chi connectivity index (χ4n) is 1.65. The molecule has 0 saturated heterocycles. The van der Waals surface area contributed by atoms with Crippen LogP contribution in [-0.4, -0.2) is 9.97 Å². The molecule has 0 spiro atoms. The van der Waals surface area contributed by atoms with Crippen LogP contribution in [0.25, 0.3) is 10.2 Å². The Bertz CT molecular complexity index is 666. The second-order valence-corrected chi connectivity index (χ2v) is 5.79. The van der Waals surface area contributed by atoms with E-state index in [1.54, 1.807) is 17.5 Å². The van der Waals surface area contributed by atoms with Gasteiger partial charge < -0.3 is 5.32 Å². The van der Waals surface area contributed by atoms with Gasteiger partial charge in [0.05, 0.1) is 10.2 Å². The van der Waals surface area contributed by atoms with E-state index < -0.39 is 0 Å². The van der Waals surface area contributed by atoms with Crippen molar-refractivity contribution in [3.05, 3.63) is 52.8 Å². The Morgan fingerprint density at radius 3 is 3.06 bits per heavy atom. The first-order valence-corrected chi connectivity index (χ1v) is 7.11. The van der Waals surface area contributed by atoms with Crippen molar-refractivity contribution in [2.24, 2.45) is 0 Å². The molecule has 3 rings (SSSR count). The number of anilines is 1. The van der Waals surface area contributed by atoms with E-state index >= 15 is 0 Å². The topological polar surface area (TPSA) is 37.8 Å². The van der Waals surface area contributed by atoms with Crippen LogP contribution in [0.2, 0.25) is 0 Å². The van der Waals surface area contributed by atoms with Crippen molar-refractivity contribution < 1.29 is 0 Å². The number of hydrogen-bond acceptors (Lipinski definition) is 4. The number of aromatic nitrogens is 2. The van der Waals surface area contributed by atoms with Crippen LogP contribution in [0.1, 0.15) is 5.56 Å². The van der Waals surface area contributed by atoms with Gasteiger partial charge in [-0.3, -0.25) is 4.98 Å². The molecular weight excluding hydrogens is 310 g/mol. The van der Waals surface area contributed by atoms with Crippen molar-refractivity contribution >= 4 is 42.6 Å². The summed E-state index contributed by atoms with van der Waals surface area (Å²) in [4.78, 5) is 8.62. The van der Waals surface area contributed by atoms with E-state index in [9.17, 15) is 0 Å². The number of halogens is 1. The third-order valence-corrected chi connectivity index (χ3v) is 3.99. The molecule has 0 fully saturated rings. The second-order valence-electron chi connectivity index (χ2n) is 3.85. The number of nitrogens with one attached hydrogen (secondary N) is 1. The predicted octanol–water partition coefficient (Wildman–Crippen LogP) is 4.07. The fraction of sp³-hybridized carbons (Fsp3) is 0.0769. The van der Waals surface area contributed by atoms with Gasteiger partial charge in [-0.2, -0.15) is 0 Å². The first-order valence-electron chi connectivity index (χ1n) is 5.50. The van der Waals surface area contributed by atoms with Crippen LogP contribution >= 0.6 is 27.3 Å². The minimum absolute atomic E-state index is 0.745. The molecule has 3 nitrogen and oxygen atoms in total. The monoisotopic (exact) mass is 319 g/mol. The molecule has 0 aliphatic heterocycles. The van der Waals surface area contributed by atoms with Gasteiger partial charge in [-0.05, 0) is 29.8 Å². The molecule has 0 unspecified atom stereocenters. The van der Waals surface area contributed by atoms with Gasteiger partial charge in [-0.1, -0.05) is 33.3 Å². The summed E-state index contributed by atoms with van der Waals surface area (Å²) in [5.74, 6) is 0. The van der Waals surface area contributed by atoms with E-state index in [0.29, 0.717) is 0 Å². The number of thiazole rings is 1. The first-order chi connectivity index (χ1) is 8.81. The highest BCUT2D eigenvalue weighted by Crippen LogP contribution is 2.28. The van der Waals surface area contributed by atoms with Crippen LogP contribution in [0.3, 0.4) is 0 Å². The summed E-state index contributed by atoms with van der Waals surface area (Å²) in [5.41, 5.74) is 2.18. The summed E-state index contributed by atoms with van der Waals surface area (Å²) in [6.07, 6.45) is 3.63. The van der Waals surface area contributed by atoms with Gasteiger partial charge in [0.25, 0.3) is 0 Å². The minimum Gasteiger partial charge on any atom is -0.357 e. The molecule has 2 aromatic heterocycles. The maximum absolute atomic E-state index is 4.54. The molecule has 3 aromatic rings. The molecule has 1 aromatic carbocycles. The quantitative estimate of drug-likeness (QED) is 0.790. The number of nitrogens with zero attached hydrogens (tertiary/aromatic N) is 2. The van der Waals surface area contributed by atoms with Crippen molar-refractivity contribution in [1.29, 1.82) is 0 Å². The van der Waals surface area contributed by atoms with Gasteiger partial charge in [0.1, 0.15) is 0 Å². The molecule has 0 aliphatic rings. The molecular formula is C13H10BrN3S. The summed E-state index contributed by atoms with van der Waals surface area (Å²) >= 11 is 5.13. The van der Waals surface area contributed by atoms with E-state index in [1.807, 2.05) is 30.5 Å². The Morgan fingerprint density at radius 1 is 1.28 bits per heavy atom. The molecule has 2 heterocycles. The van der Waals surface area contributed by atoms with Gasteiger partial charge in [0.15, 0.2) is 5.13 Å². The highest BCUT2D eigenvalue weighted by Gasteiger charge is 2.03. The molecule has 0 atom stereocenters. The van der Waals surface area contributed by atoms with Crippen LogP contribution in [0.15, 0.2) is 47.2 Å². The van der Waals surface area contributed by atoms with Crippen LogP contribution < -0.4 is 5.32 Å². The van der Waals surface area contributed by atoms with Crippen molar-refractivity contribution in [1.82, 2.24) is 9.97 Å². The van der Waals surface area contributed by atoms with Crippen LogP contribution in [0.4, 0.5) is 5.13 Å². The minimum atomic E-state index is 0.745. The van der Waals surface area contributed by atoms with Gasteiger partial charge in [0.2, 0.25) is 0 Å². The Kier molecular flexibility index (Phi) is 3.25. The SMILES string of the molecule is Brc1ccc2nc(NCc3cccnc3)sc2c1. The number of hydrogen-bond donors (Lipinski definition) is 1. The zero-order chi connectivity index (χ0) is 12.4. The van der Waals surface area contributed by atoms with Crippen LogP contribution in [-0.2, 0) is 6.54 Å². The maximum atomic E-state index is 4.54. The number of fused-ring (bicyclic) bond motifs is 1. The summed E-state index contributed by atoms with van der Waals surface area (Å²) in [5, 5.41) is 4.26. The molecule has 0 bridgehead atoms. The molecule has 1 N–H and O–H groups in total. The van der Waals surface area contributed by atoms with Crippen LogP contribution in [0.5, 0.6) is 0 Å². The summed E-state index contributed by atoms with van der Waals surface area (Å²) < 4.78 is 2.26. The second kappa shape index (κ2) is 5.04. The Labute approximate surface area is 117 Å². The third kappa shape index (κ3) is 2.52. The average molecular weight is 320 g/mol. The molecule has 5 heteroatoms. The fourth-order valence-corrected chi connectivity index (χ4v) is 3.07. The van der Waals surface area contributed by atoms with Gasteiger partial charge in [-0.15, -0.1) is 0 Å². The summed E-state index contributed by atoms with van der Waals surface area (Å²) in [7, 11) is 0. The van der Waals surface area contributed by atoms with E-state index in [0.717, 1.165) is 27.2 Å². The summed E-state index contributed by atoms with van der Waals surface area (Å²) in [6.45, 7) is 0.745. The summed E-state index contributed by atoms with van der Waals surface area (Å²) in [6, 6.07) is 10.1. The lowest BCUT2D eigenvalue weighted by Gasteiger charge is -2.00. The van der Waals surface area contributed by atoms with Gasteiger partial charge in [-0.25, -0.2) is 4.98 Å². The van der Waals surface area contributed by atoms with Gasteiger partial charge >= 0.3 is 0 Å². The van der Waals surface area contributed by atoms with Crippen molar-refractivity contribution in [3.63, 3.8) is 0 Å². The van der Waals surface area contributed by atoms with E-state index in [1.165, 1.54) is 4.70 Å². The van der Waals surface area contributed by atoms with E-state index in [4.69, 9.17) is 0 Å². The lowest BCUT2D eigenvalue weighted by Crippen LogP contribution is -1.98. The lowest BCUT2D eigenvalue weighted by atomic mass is 10.3. The maximum Gasteiger partial charge on any atom is 0.184 e. The highest BCUT2D eigenvalue weighted by molar-refractivity contribution is 9.10. The highest BCUT2D eigenvalue weighted by atomic mass is 79.9. The first kappa shape index (κ1) is 11.6. The smallest absolute Gasteiger partial charge is 0.184 e. The predicted molar refractivity (Wildman–Crippen MR) is 78.9 cm³/mol. The number of benzene rings is 1. The van der Waals surface area contributed by atoms with Crippen molar-refractivity contribution in [2.75, 3.05) is 5.32 Å². The molecule has 18 heavy (non-hydrogen) atoms. The Hall–Kier alpha value is -1.46. The lowest BCUT2D eigenvalue weighted by molar-refractivity contribution is 1.11. The Balaban J connectivity index is 1.79. The van der Waals surface area contributed by atoms with E-state index in [2.05, 4.69) is 37.3 Å². The largest absolute Gasteiger partial charge is 0.357 e. The normalized spacial score (nSPS) is 10.7. The van der Waals surface area contributed by atoms with Crippen LogP contribution in [0, 0.1) is 0 Å². The van der Waals surface area contributed by atoms with E-state index in [-0.39, 0.29) is 0 Å². The third-order valence-electron chi connectivity index (χ3n) is 2.52. The Morgan fingerprint density at radius 2 is 2.22 bits per heavy atom. The average Bonchev–Trinajstić information content (AvgIpc) is 2.79. The molecule has 0 aliphatic carbocycles. The molecule has 90 valence electrons. The number of pyridine rings is 1. The van der Waals surface area contributed by atoms with Crippen molar-refractivity contribution in [2.45, 2.75) is 6.54 Å². The van der Waals surface area contributed by atoms with Gasteiger partial charge in [0, 0.05) is 23.4 Å². The zero-order valence-corrected chi connectivity index (χ0v) is 11.8. The van der Waals surface area contributed by atoms with Crippen molar-refractivity contribution in [3.8, 4) is 0 Å². The number of rotatable bonds is 3. The standard InChI is InChI=1S/C13H10BrN3S/c14-10-3-4-11-12(6-10)18-13(17-11)16-8-9-2-1-5-15-7-9/h1-7H,8H2,(H,16,17). The molecule has 0 amide bonds. The zero-order valence-electron chi connectivity index (χ0n) is 9.43.